The van der Waals surface area contributed by atoms with Gasteiger partial charge in [0.25, 0.3) is 5.91 Å². The summed E-state index contributed by atoms with van der Waals surface area (Å²) in [5.74, 6) is -0.135. The third-order valence-electron chi connectivity index (χ3n) is 5.26. The summed E-state index contributed by atoms with van der Waals surface area (Å²) in [6.07, 6.45) is 3.21. The van der Waals surface area contributed by atoms with Crippen molar-refractivity contribution in [2.45, 2.75) is 44.6 Å². The van der Waals surface area contributed by atoms with E-state index in [-0.39, 0.29) is 17.7 Å². The molecular formula is C19H21ClN4O3. The standard InChI is InChI=1S/C19H21ClN4O3/c1-11-8-9-23(15(10-11)19(26)27)18(25)16-21-17(12-6-7-12)24(22-16)14-5-3-2-4-13(14)20/h2-5,11-12,15H,6-10H2,1H3,(H,26,27). The zero-order valence-electron chi connectivity index (χ0n) is 15.0. The van der Waals surface area contributed by atoms with Crippen LogP contribution in [0.5, 0.6) is 0 Å². The first-order chi connectivity index (χ1) is 13.0. The second-order valence-corrected chi connectivity index (χ2v) is 7.82. The number of piperidine rings is 1. The minimum atomic E-state index is -0.983. The molecule has 1 amide bonds. The van der Waals surface area contributed by atoms with E-state index < -0.39 is 17.9 Å². The summed E-state index contributed by atoms with van der Waals surface area (Å²) in [4.78, 5) is 30.6. The lowest BCUT2D eigenvalue weighted by Gasteiger charge is -2.35. The first-order valence-electron chi connectivity index (χ1n) is 9.21. The van der Waals surface area contributed by atoms with Crippen molar-refractivity contribution < 1.29 is 14.7 Å². The predicted octanol–water partition coefficient (Wildman–Crippen LogP) is 3.12. The molecule has 142 valence electrons. The van der Waals surface area contributed by atoms with Crippen LogP contribution in [0.3, 0.4) is 0 Å². The first kappa shape index (κ1) is 18.0. The third-order valence-corrected chi connectivity index (χ3v) is 5.58. The van der Waals surface area contributed by atoms with Crippen molar-refractivity contribution in [2.24, 2.45) is 5.92 Å². The topological polar surface area (TPSA) is 88.3 Å². The highest BCUT2D eigenvalue weighted by atomic mass is 35.5. The van der Waals surface area contributed by atoms with Gasteiger partial charge in [0, 0.05) is 12.5 Å². The molecule has 0 bridgehead atoms. The molecule has 2 aromatic rings. The van der Waals surface area contributed by atoms with Crippen LogP contribution in [0.2, 0.25) is 5.02 Å². The normalized spacial score (nSPS) is 22.7. The largest absolute Gasteiger partial charge is 0.480 e. The van der Waals surface area contributed by atoms with Gasteiger partial charge < -0.3 is 10.0 Å². The number of carboxylic acids is 1. The molecule has 8 heteroatoms. The van der Waals surface area contributed by atoms with Crippen molar-refractivity contribution in [1.29, 1.82) is 0 Å². The average Bonchev–Trinajstić information content (AvgIpc) is 3.40. The fraction of sp³-hybridized carbons (Fsp3) is 0.474. The van der Waals surface area contributed by atoms with Gasteiger partial charge >= 0.3 is 5.97 Å². The smallest absolute Gasteiger partial charge is 0.326 e. The lowest BCUT2D eigenvalue weighted by atomic mass is 9.92. The van der Waals surface area contributed by atoms with E-state index in [1.165, 1.54) is 4.90 Å². The van der Waals surface area contributed by atoms with E-state index >= 15 is 0 Å². The van der Waals surface area contributed by atoms with Gasteiger partial charge in [0.1, 0.15) is 11.9 Å². The van der Waals surface area contributed by atoms with Crippen LogP contribution in [0.1, 0.15) is 55.0 Å². The number of aliphatic carboxylic acids is 1. The third kappa shape index (κ3) is 3.43. The molecule has 2 fully saturated rings. The quantitative estimate of drug-likeness (QED) is 0.869. The van der Waals surface area contributed by atoms with E-state index in [4.69, 9.17) is 11.6 Å². The van der Waals surface area contributed by atoms with Gasteiger partial charge in [0.05, 0.1) is 10.7 Å². The van der Waals surface area contributed by atoms with E-state index in [0.29, 0.717) is 29.5 Å². The number of halogens is 1. The minimum Gasteiger partial charge on any atom is -0.480 e. The Hall–Kier alpha value is -2.41. The van der Waals surface area contributed by atoms with E-state index in [1.54, 1.807) is 10.7 Å². The number of carbonyl (C=O) groups excluding carboxylic acids is 1. The summed E-state index contributed by atoms with van der Waals surface area (Å²) < 4.78 is 1.63. The Kier molecular flexibility index (Phi) is 4.63. The van der Waals surface area contributed by atoms with Crippen LogP contribution in [0.15, 0.2) is 24.3 Å². The fourth-order valence-electron chi connectivity index (χ4n) is 3.57. The number of amides is 1. The SMILES string of the molecule is CC1CCN(C(=O)c2nc(C3CC3)n(-c3ccccc3Cl)n2)C(C(=O)O)C1. The van der Waals surface area contributed by atoms with Gasteiger partial charge in [-0.15, -0.1) is 5.10 Å². The number of rotatable bonds is 4. The Balaban J connectivity index is 1.70. The molecule has 2 atom stereocenters. The Morgan fingerprint density at radius 2 is 1.96 bits per heavy atom. The van der Waals surface area contributed by atoms with Crippen LogP contribution in [-0.4, -0.2) is 49.2 Å². The Morgan fingerprint density at radius 1 is 1.22 bits per heavy atom. The van der Waals surface area contributed by atoms with Crippen molar-refractivity contribution in [1.82, 2.24) is 19.7 Å². The number of hydrogen-bond donors (Lipinski definition) is 1. The monoisotopic (exact) mass is 388 g/mol. The molecule has 27 heavy (non-hydrogen) atoms. The zero-order valence-corrected chi connectivity index (χ0v) is 15.8. The fourth-order valence-corrected chi connectivity index (χ4v) is 3.78. The lowest BCUT2D eigenvalue weighted by molar-refractivity contribution is -0.144. The van der Waals surface area contributed by atoms with E-state index in [2.05, 4.69) is 10.1 Å². The van der Waals surface area contributed by atoms with Gasteiger partial charge in [-0.05, 0) is 43.7 Å². The van der Waals surface area contributed by atoms with Gasteiger partial charge in [0.2, 0.25) is 5.82 Å². The highest BCUT2D eigenvalue weighted by Crippen LogP contribution is 2.40. The van der Waals surface area contributed by atoms with Crippen LogP contribution < -0.4 is 0 Å². The molecule has 0 radical (unpaired) electrons. The molecule has 1 N–H and O–H groups in total. The molecule has 1 aliphatic carbocycles. The van der Waals surface area contributed by atoms with E-state index in [0.717, 1.165) is 19.3 Å². The Morgan fingerprint density at radius 3 is 2.63 bits per heavy atom. The molecular weight excluding hydrogens is 368 g/mol. The van der Waals surface area contributed by atoms with Crippen molar-refractivity contribution in [3.63, 3.8) is 0 Å². The summed E-state index contributed by atoms with van der Waals surface area (Å²) in [5.41, 5.74) is 0.676. The molecule has 1 aromatic heterocycles. The summed E-state index contributed by atoms with van der Waals surface area (Å²) in [6.45, 7) is 2.41. The van der Waals surface area contributed by atoms with Crippen molar-refractivity contribution >= 4 is 23.5 Å². The number of para-hydroxylation sites is 1. The molecule has 1 saturated heterocycles. The maximum absolute atomic E-state index is 13.0. The van der Waals surface area contributed by atoms with Crippen LogP contribution in [0, 0.1) is 5.92 Å². The number of hydrogen-bond acceptors (Lipinski definition) is 4. The van der Waals surface area contributed by atoms with Crippen molar-refractivity contribution in [2.75, 3.05) is 6.54 Å². The van der Waals surface area contributed by atoms with Gasteiger partial charge in [-0.3, -0.25) is 4.79 Å². The molecule has 1 saturated carbocycles. The molecule has 2 aliphatic rings. The molecule has 2 unspecified atom stereocenters. The van der Waals surface area contributed by atoms with Gasteiger partial charge in [-0.2, -0.15) is 0 Å². The average molecular weight is 389 g/mol. The summed E-state index contributed by atoms with van der Waals surface area (Å²) >= 11 is 6.31. The second kappa shape index (κ2) is 6.96. The van der Waals surface area contributed by atoms with Gasteiger partial charge in [-0.1, -0.05) is 30.7 Å². The van der Waals surface area contributed by atoms with E-state index in [9.17, 15) is 14.7 Å². The number of likely N-dealkylation sites (tertiary alicyclic amines) is 1. The first-order valence-corrected chi connectivity index (χ1v) is 9.59. The number of carboxylic acid groups (broad SMARTS) is 1. The molecule has 1 aliphatic heterocycles. The number of aromatic nitrogens is 3. The van der Waals surface area contributed by atoms with E-state index in [1.807, 2.05) is 25.1 Å². The second-order valence-electron chi connectivity index (χ2n) is 7.41. The summed E-state index contributed by atoms with van der Waals surface area (Å²) in [7, 11) is 0. The highest BCUT2D eigenvalue weighted by molar-refractivity contribution is 6.32. The highest BCUT2D eigenvalue weighted by Gasteiger charge is 2.38. The maximum Gasteiger partial charge on any atom is 0.326 e. The van der Waals surface area contributed by atoms with Crippen LogP contribution in [0.25, 0.3) is 5.69 Å². The van der Waals surface area contributed by atoms with Crippen molar-refractivity contribution in [3.8, 4) is 5.69 Å². The molecule has 1 aromatic carbocycles. The number of nitrogens with zero attached hydrogens (tertiary/aromatic N) is 4. The molecule has 2 heterocycles. The molecule has 4 rings (SSSR count). The number of carbonyl (C=O) groups is 2. The lowest BCUT2D eigenvalue weighted by Crippen LogP contribution is -2.50. The van der Waals surface area contributed by atoms with Crippen LogP contribution in [-0.2, 0) is 4.79 Å². The van der Waals surface area contributed by atoms with Crippen LogP contribution >= 0.6 is 11.6 Å². The Labute approximate surface area is 161 Å². The Bertz CT molecular complexity index is 893. The van der Waals surface area contributed by atoms with Gasteiger partial charge in [0.15, 0.2) is 0 Å². The van der Waals surface area contributed by atoms with Crippen LogP contribution in [0.4, 0.5) is 0 Å². The minimum absolute atomic E-state index is 0.0395. The zero-order chi connectivity index (χ0) is 19.1. The predicted molar refractivity (Wildman–Crippen MR) is 99.2 cm³/mol. The van der Waals surface area contributed by atoms with Crippen molar-refractivity contribution in [3.05, 3.63) is 40.9 Å². The molecule has 7 nitrogen and oxygen atoms in total. The number of benzene rings is 1. The maximum atomic E-state index is 13.0. The summed E-state index contributed by atoms with van der Waals surface area (Å²) in [5, 5.41) is 14.5. The molecule has 0 spiro atoms. The van der Waals surface area contributed by atoms with Gasteiger partial charge in [-0.25, -0.2) is 14.5 Å². The summed E-state index contributed by atoms with van der Waals surface area (Å²) in [6, 6.07) is 6.45.